The quantitative estimate of drug-likeness (QED) is 0.653. The highest BCUT2D eigenvalue weighted by molar-refractivity contribution is 5.78. The summed E-state index contributed by atoms with van der Waals surface area (Å²) in [7, 11) is 1.71. The summed E-state index contributed by atoms with van der Waals surface area (Å²) in [5.41, 5.74) is -0.795. The molecule has 0 amide bonds. The lowest BCUT2D eigenvalue weighted by molar-refractivity contribution is -0.144. The molecule has 0 aromatic rings. The zero-order chi connectivity index (χ0) is 14.3. The second kappa shape index (κ2) is 7.82. The number of hydrogen-bond acceptors (Lipinski definition) is 4. The van der Waals surface area contributed by atoms with Crippen LogP contribution < -0.4 is 5.32 Å². The fraction of sp³-hybridized carbons (Fsp3) is 0.929. The number of nitrogens with one attached hydrogen (secondary N) is 1. The van der Waals surface area contributed by atoms with Crippen LogP contribution in [0.15, 0.2) is 0 Å². The molecule has 0 aliphatic carbocycles. The van der Waals surface area contributed by atoms with E-state index >= 15 is 0 Å². The Morgan fingerprint density at radius 1 is 1.53 bits per heavy atom. The van der Waals surface area contributed by atoms with Crippen molar-refractivity contribution in [2.24, 2.45) is 0 Å². The molecule has 1 aliphatic heterocycles. The lowest BCUT2D eigenvalue weighted by Gasteiger charge is -2.32. The highest BCUT2D eigenvalue weighted by Crippen LogP contribution is 2.15. The van der Waals surface area contributed by atoms with Crippen molar-refractivity contribution in [1.29, 1.82) is 0 Å². The minimum absolute atomic E-state index is 0.371. The van der Waals surface area contributed by atoms with Crippen molar-refractivity contribution in [3.63, 3.8) is 0 Å². The first-order chi connectivity index (χ1) is 9.01. The Morgan fingerprint density at radius 2 is 2.26 bits per heavy atom. The zero-order valence-corrected chi connectivity index (χ0v) is 12.4. The molecule has 112 valence electrons. The van der Waals surface area contributed by atoms with Crippen molar-refractivity contribution in [2.75, 3.05) is 33.3 Å². The van der Waals surface area contributed by atoms with E-state index in [1.165, 1.54) is 0 Å². The average Bonchev–Trinajstić information content (AvgIpc) is 2.43. The molecular formula is C14H28N2O3. The molecule has 0 aromatic carbocycles. The standard InChI is InChI=1S/C14H28N2O3/c1-4-12-11-16(9-10-19-12)8-6-5-7-14(2,15-3)13(17)18/h12,15H,4-11H2,1-3H3,(H,17,18). The molecule has 5 nitrogen and oxygen atoms in total. The lowest BCUT2D eigenvalue weighted by Crippen LogP contribution is -2.47. The number of ether oxygens (including phenoxy) is 1. The second-order valence-electron chi connectivity index (χ2n) is 5.55. The molecule has 2 atom stereocenters. The van der Waals surface area contributed by atoms with Gasteiger partial charge in [0.1, 0.15) is 5.54 Å². The Labute approximate surface area is 116 Å². The summed E-state index contributed by atoms with van der Waals surface area (Å²) in [5, 5.41) is 12.1. The summed E-state index contributed by atoms with van der Waals surface area (Å²) in [4.78, 5) is 13.6. The number of morpholine rings is 1. The van der Waals surface area contributed by atoms with E-state index in [0.717, 1.165) is 45.5 Å². The summed E-state index contributed by atoms with van der Waals surface area (Å²) in [6.45, 7) is 7.77. The molecule has 5 heteroatoms. The number of hydrogen-bond donors (Lipinski definition) is 2. The van der Waals surface area contributed by atoms with Crippen LogP contribution in [0.2, 0.25) is 0 Å². The van der Waals surface area contributed by atoms with Gasteiger partial charge in [-0.3, -0.25) is 9.69 Å². The first-order valence-corrected chi connectivity index (χ1v) is 7.28. The number of carboxylic acids is 1. The van der Waals surface area contributed by atoms with Crippen LogP contribution >= 0.6 is 0 Å². The Balaban J connectivity index is 2.21. The number of nitrogens with zero attached hydrogens (tertiary/aromatic N) is 1. The molecule has 2 unspecified atom stereocenters. The fourth-order valence-electron chi connectivity index (χ4n) is 2.38. The summed E-state index contributed by atoms with van der Waals surface area (Å²) in [6.07, 6.45) is 4.07. The van der Waals surface area contributed by atoms with Crippen LogP contribution in [0.5, 0.6) is 0 Å². The van der Waals surface area contributed by atoms with Crippen molar-refractivity contribution in [3.8, 4) is 0 Å². The van der Waals surface area contributed by atoms with Crippen molar-refractivity contribution in [1.82, 2.24) is 10.2 Å². The van der Waals surface area contributed by atoms with Gasteiger partial charge in [-0.15, -0.1) is 0 Å². The summed E-state index contributed by atoms with van der Waals surface area (Å²) >= 11 is 0. The molecule has 1 saturated heterocycles. The third kappa shape index (κ3) is 5.09. The number of unbranched alkanes of at least 4 members (excludes halogenated alkanes) is 1. The predicted octanol–water partition coefficient (Wildman–Crippen LogP) is 1.33. The van der Waals surface area contributed by atoms with Crippen molar-refractivity contribution in [2.45, 2.75) is 51.2 Å². The van der Waals surface area contributed by atoms with Gasteiger partial charge in [-0.2, -0.15) is 0 Å². The van der Waals surface area contributed by atoms with Crippen LogP contribution in [0, 0.1) is 0 Å². The van der Waals surface area contributed by atoms with Gasteiger partial charge in [0.25, 0.3) is 0 Å². The molecule has 1 fully saturated rings. The molecular weight excluding hydrogens is 244 g/mol. The van der Waals surface area contributed by atoms with Crippen LogP contribution in [-0.2, 0) is 9.53 Å². The normalized spacial score (nSPS) is 24.1. The van der Waals surface area contributed by atoms with Crippen molar-refractivity contribution < 1.29 is 14.6 Å². The predicted molar refractivity (Wildman–Crippen MR) is 75.4 cm³/mol. The summed E-state index contributed by atoms with van der Waals surface area (Å²) in [6, 6.07) is 0. The smallest absolute Gasteiger partial charge is 0.323 e. The SMILES string of the molecule is CCC1CN(CCCCC(C)(NC)C(=O)O)CCO1. The first kappa shape index (κ1) is 16.4. The van der Waals surface area contributed by atoms with E-state index < -0.39 is 11.5 Å². The Hall–Kier alpha value is -0.650. The van der Waals surface area contributed by atoms with Gasteiger partial charge in [0.15, 0.2) is 0 Å². The highest BCUT2D eigenvalue weighted by atomic mass is 16.5. The Kier molecular flexibility index (Phi) is 6.75. The van der Waals surface area contributed by atoms with Gasteiger partial charge in [-0.05, 0) is 46.2 Å². The largest absolute Gasteiger partial charge is 0.480 e. The Bertz CT molecular complexity index is 286. The van der Waals surface area contributed by atoms with Gasteiger partial charge in [0.2, 0.25) is 0 Å². The summed E-state index contributed by atoms with van der Waals surface area (Å²) in [5.74, 6) is -0.771. The number of rotatable bonds is 8. The minimum Gasteiger partial charge on any atom is -0.480 e. The van der Waals surface area contributed by atoms with E-state index in [4.69, 9.17) is 9.84 Å². The molecule has 2 N–H and O–H groups in total. The minimum atomic E-state index is -0.795. The third-order valence-corrected chi connectivity index (χ3v) is 4.10. The van der Waals surface area contributed by atoms with Gasteiger partial charge in [-0.25, -0.2) is 0 Å². The first-order valence-electron chi connectivity index (χ1n) is 7.28. The zero-order valence-electron chi connectivity index (χ0n) is 12.4. The molecule has 19 heavy (non-hydrogen) atoms. The maximum atomic E-state index is 11.1. The maximum Gasteiger partial charge on any atom is 0.323 e. The van der Waals surface area contributed by atoms with Gasteiger partial charge in [-0.1, -0.05) is 6.92 Å². The van der Waals surface area contributed by atoms with E-state index in [9.17, 15) is 4.79 Å². The van der Waals surface area contributed by atoms with Crippen molar-refractivity contribution in [3.05, 3.63) is 0 Å². The molecule has 1 rings (SSSR count). The van der Waals surface area contributed by atoms with E-state index in [1.807, 2.05) is 0 Å². The van der Waals surface area contributed by atoms with Gasteiger partial charge >= 0.3 is 5.97 Å². The number of likely N-dealkylation sites (N-methyl/N-ethyl adjacent to an activating group) is 1. The monoisotopic (exact) mass is 272 g/mol. The maximum absolute atomic E-state index is 11.1. The lowest BCUT2D eigenvalue weighted by atomic mass is 9.95. The van der Waals surface area contributed by atoms with Crippen LogP contribution in [0.4, 0.5) is 0 Å². The van der Waals surface area contributed by atoms with Crippen LogP contribution in [0.25, 0.3) is 0 Å². The van der Waals surface area contributed by atoms with E-state index in [-0.39, 0.29) is 0 Å². The van der Waals surface area contributed by atoms with Crippen LogP contribution in [-0.4, -0.2) is 60.9 Å². The van der Waals surface area contributed by atoms with Gasteiger partial charge in [0.05, 0.1) is 12.7 Å². The van der Waals surface area contributed by atoms with Gasteiger partial charge < -0.3 is 15.2 Å². The van der Waals surface area contributed by atoms with Gasteiger partial charge in [0, 0.05) is 13.1 Å². The molecule has 0 saturated carbocycles. The number of aliphatic carboxylic acids is 1. The van der Waals surface area contributed by atoms with Crippen LogP contribution in [0.1, 0.15) is 39.5 Å². The second-order valence-corrected chi connectivity index (χ2v) is 5.55. The van der Waals surface area contributed by atoms with Crippen LogP contribution in [0.3, 0.4) is 0 Å². The molecule has 0 aromatic heterocycles. The number of carbonyl (C=O) groups is 1. The fourth-order valence-corrected chi connectivity index (χ4v) is 2.38. The molecule has 0 radical (unpaired) electrons. The van der Waals surface area contributed by atoms with E-state index in [2.05, 4.69) is 17.1 Å². The van der Waals surface area contributed by atoms with E-state index in [0.29, 0.717) is 12.5 Å². The highest BCUT2D eigenvalue weighted by Gasteiger charge is 2.30. The average molecular weight is 272 g/mol. The third-order valence-electron chi connectivity index (χ3n) is 4.10. The topological polar surface area (TPSA) is 61.8 Å². The number of carboxylic acid groups (broad SMARTS) is 1. The molecule has 0 bridgehead atoms. The molecule has 0 spiro atoms. The summed E-state index contributed by atoms with van der Waals surface area (Å²) < 4.78 is 5.64. The van der Waals surface area contributed by atoms with E-state index in [1.54, 1.807) is 14.0 Å². The van der Waals surface area contributed by atoms with Crippen molar-refractivity contribution >= 4 is 5.97 Å². The Morgan fingerprint density at radius 3 is 2.84 bits per heavy atom. The molecule has 1 aliphatic rings. The molecule has 1 heterocycles.